The molecule has 0 radical (unpaired) electrons. The SMILES string of the molecule is CC(C)(C)C1CCC(CNCCOCC(F)F)CC1. The maximum atomic E-state index is 11.8. The first-order valence-corrected chi connectivity index (χ1v) is 7.46. The van der Waals surface area contributed by atoms with Gasteiger partial charge in [-0.25, -0.2) is 8.78 Å². The van der Waals surface area contributed by atoms with Gasteiger partial charge in [0.1, 0.15) is 6.61 Å². The van der Waals surface area contributed by atoms with Crippen molar-refractivity contribution >= 4 is 0 Å². The van der Waals surface area contributed by atoms with Crippen LogP contribution in [0.2, 0.25) is 0 Å². The van der Waals surface area contributed by atoms with Gasteiger partial charge in [0, 0.05) is 6.54 Å². The highest BCUT2D eigenvalue weighted by molar-refractivity contribution is 4.81. The van der Waals surface area contributed by atoms with Gasteiger partial charge < -0.3 is 10.1 Å². The Hall–Kier alpha value is -0.220. The zero-order valence-corrected chi connectivity index (χ0v) is 12.6. The molecule has 0 aromatic heterocycles. The highest BCUT2D eigenvalue weighted by atomic mass is 19.3. The summed E-state index contributed by atoms with van der Waals surface area (Å²) in [5, 5.41) is 3.31. The van der Waals surface area contributed by atoms with Crippen molar-refractivity contribution in [2.45, 2.75) is 52.9 Å². The minimum atomic E-state index is -2.35. The summed E-state index contributed by atoms with van der Waals surface area (Å²) >= 11 is 0. The molecule has 0 aromatic rings. The third kappa shape index (κ3) is 7.21. The van der Waals surface area contributed by atoms with Crippen LogP contribution in [0, 0.1) is 17.3 Å². The summed E-state index contributed by atoms with van der Waals surface area (Å²) in [7, 11) is 0. The minimum absolute atomic E-state index is 0.377. The van der Waals surface area contributed by atoms with Gasteiger partial charge in [0.05, 0.1) is 6.61 Å². The van der Waals surface area contributed by atoms with Crippen LogP contribution in [-0.2, 0) is 4.74 Å². The second kappa shape index (κ2) is 8.15. The van der Waals surface area contributed by atoms with Crippen LogP contribution in [0.25, 0.3) is 0 Å². The summed E-state index contributed by atoms with van der Waals surface area (Å²) < 4.78 is 28.5. The maximum absolute atomic E-state index is 11.8. The van der Waals surface area contributed by atoms with Crippen LogP contribution in [0.15, 0.2) is 0 Å². The predicted octanol–water partition coefficient (Wildman–Crippen LogP) is 3.71. The zero-order chi connectivity index (χ0) is 14.3. The highest BCUT2D eigenvalue weighted by Crippen LogP contribution is 2.39. The lowest BCUT2D eigenvalue weighted by molar-refractivity contribution is 0.0184. The van der Waals surface area contributed by atoms with E-state index in [1.165, 1.54) is 25.7 Å². The Labute approximate surface area is 116 Å². The molecule has 1 N–H and O–H groups in total. The van der Waals surface area contributed by atoms with Gasteiger partial charge in [-0.3, -0.25) is 0 Å². The summed E-state index contributed by atoms with van der Waals surface area (Å²) in [6.45, 7) is 8.59. The summed E-state index contributed by atoms with van der Waals surface area (Å²) in [5.41, 5.74) is 0.432. The normalized spacial score (nSPS) is 24.9. The van der Waals surface area contributed by atoms with E-state index in [4.69, 9.17) is 4.74 Å². The number of halogens is 2. The van der Waals surface area contributed by atoms with Crippen LogP contribution < -0.4 is 5.32 Å². The molecule has 114 valence electrons. The number of hydrogen-bond donors (Lipinski definition) is 1. The molecule has 0 unspecified atom stereocenters. The molecule has 0 bridgehead atoms. The molecule has 0 atom stereocenters. The van der Waals surface area contributed by atoms with Crippen LogP contribution in [0.1, 0.15) is 46.5 Å². The molecule has 0 spiro atoms. The Morgan fingerprint density at radius 1 is 1.16 bits per heavy atom. The van der Waals surface area contributed by atoms with Crippen LogP contribution in [-0.4, -0.2) is 32.7 Å². The monoisotopic (exact) mass is 277 g/mol. The van der Waals surface area contributed by atoms with Crippen molar-refractivity contribution < 1.29 is 13.5 Å². The largest absolute Gasteiger partial charge is 0.374 e. The molecule has 1 fully saturated rings. The molecule has 1 rings (SSSR count). The van der Waals surface area contributed by atoms with E-state index in [1.54, 1.807) is 0 Å². The van der Waals surface area contributed by atoms with E-state index in [0.29, 0.717) is 18.6 Å². The summed E-state index contributed by atoms with van der Waals surface area (Å²) in [6, 6.07) is 0. The van der Waals surface area contributed by atoms with E-state index < -0.39 is 13.0 Å². The van der Waals surface area contributed by atoms with Crippen molar-refractivity contribution in [2.24, 2.45) is 17.3 Å². The van der Waals surface area contributed by atoms with E-state index in [9.17, 15) is 8.78 Å². The first kappa shape index (κ1) is 16.8. The topological polar surface area (TPSA) is 21.3 Å². The number of rotatable bonds is 7. The van der Waals surface area contributed by atoms with Crippen molar-refractivity contribution in [1.82, 2.24) is 5.32 Å². The highest BCUT2D eigenvalue weighted by Gasteiger charge is 2.29. The average Bonchev–Trinajstić information content (AvgIpc) is 2.32. The quantitative estimate of drug-likeness (QED) is 0.716. The van der Waals surface area contributed by atoms with Gasteiger partial charge in [0.25, 0.3) is 6.43 Å². The van der Waals surface area contributed by atoms with Crippen molar-refractivity contribution in [3.8, 4) is 0 Å². The lowest BCUT2D eigenvalue weighted by Gasteiger charge is -2.37. The number of hydrogen-bond acceptors (Lipinski definition) is 2. The Kier molecular flexibility index (Phi) is 7.22. The van der Waals surface area contributed by atoms with Crippen LogP contribution in [0.5, 0.6) is 0 Å². The van der Waals surface area contributed by atoms with Gasteiger partial charge in [-0.2, -0.15) is 0 Å². The number of alkyl halides is 2. The van der Waals surface area contributed by atoms with Crippen molar-refractivity contribution in [3.63, 3.8) is 0 Å². The third-order valence-electron chi connectivity index (χ3n) is 4.17. The molecule has 0 heterocycles. The molecular formula is C15H29F2NO. The van der Waals surface area contributed by atoms with Gasteiger partial charge in [0.2, 0.25) is 0 Å². The van der Waals surface area contributed by atoms with E-state index in [1.807, 2.05) is 0 Å². The molecule has 0 aliphatic heterocycles. The molecule has 1 saturated carbocycles. The lowest BCUT2D eigenvalue weighted by Crippen LogP contribution is -2.32. The standard InChI is InChI=1S/C15H29F2NO/c1-15(2,3)13-6-4-12(5-7-13)10-18-8-9-19-11-14(16)17/h12-14,18H,4-11H2,1-3H3. The van der Waals surface area contributed by atoms with Crippen molar-refractivity contribution in [2.75, 3.05) is 26.3 Å². The fourth-order valence-corrected chi connectivity index (χ4v) is 2.86. The van der Waals surface area contributed by atoms with E-state index in [2.05, 4.69) is 26.1 Å². The number of ether oxygens (including phenoxy) is 1. The zero-order valence-electron chi connectivity index (χ0n) is 12.6. The fraction of sp³-hybridized carbons (Fsp3) is 1.00. The Balaban J connectivity index is 2.01. The van der Waals surface area contributed by atoms with Crippen LogP contribution >= 0.6 is 0 Å². The minimum Gasteiger partial charge on any atom is -0.374 e. The molecule has 0 aromatic carbocycles. The molecular weight excluding hydrogens is 248 g/mol. The third-order valence-corrected chi connectivity index (χ3v) is 4.17. The summed E-state index contributed by atoms with van der Waals surface area (Å²) in [5.74, 6) is 1.59. The van der Waals surface area contributed by atoms with Gasteiger partial charge in [-0.15, -0.1) is 0 Å². The smallest absolute Gasteiger partial charge is 0.261 e. The summed E-state index contributed by atoms with van der Waals surface area (Å²) in [4.78, 5) is 0. The fourth-order valence-electron chi connectivity index (χ4n) is 2.86. The first-order valence-electron chi connectivity index (χ1n) is 7.46. The Morgan fingerprint density at radius 2 is 1.79 bits per heavy atom. The van der Waals surface area contributed by atoms with Gasteiger partial charge in [-0.1, -0.05) is 20.8 Å². The predicted molar refractivity (Wildman–Crippen MR) is 74.6 cm³/mol. The van der Waals surface area contributed by atoms with Gasteiger partial charge in [-0.05, 0) is 49.5 Å². The van der Waals surface area contributed by atoms with Gasteiger partial charge in [0.15, 0.2) is 0 Å². The average molecular weight is 277 g/mol. The Morgan fingerprint density at radius 3 is 2.32 bits per heavy atom. The molecule has 19 heavy (non-hydrogen) atoms. The van der Waals surface area contributed by atoms with Crippen molar-refractivity contribution in [3.05, 3.63) is 0 Å². The first-order chi connectivity index (χ1) is 8.89. The summed E-state index contributed by atoms with van der Waals surface area (Å²) in [6.07, 6.45) is 2.85. The van der Waals surface area contributed by atoms with E-state index in [-0.39, 0.29) is 0 Å². The van der Waals surface area contributed by atoms with Gasteiger partial charge >= 0.3 is 0 Å². The molecule has 2 nitrogen and oxygen atoms in total. The maximum Gasteiger partial charge on any atom is 0.261 e. The second-order valence-electron chi connectivity index (χ2n) is 6.75. The van der Waals surface area contributed by atoms with E-state index >= 15 is 0 Å². The lowest BCUT2D eigenvalue weighted by atomic mass is 9.70. The molecule has 1 aliphatic carbocycles. The Bertz CT molecular complexity index is 233. The second-order valence-corrected chi connectivity index (χ2v) is 6.75. The van der Waals surface area contributed by atoms with E-state index in [0.717, 1.165) is 18.4 Å². The van der Waals surface area contributed by atoms with Crippen molar-refractivity contribution in [1.29, 1.82) is 0 Å². The molecule has 0 saturated heterocycles. The molecule has 0 amide bonds. The van der Waals surface area contributed by atoms with Crippen LogP contribution in [0.4, 0.5) is 8.78 Å². The number of nitrogens with one attached hydrogen (secondary N) is 1. The van der Waals surface area contributed by atoms with Crippen LogP contribution in [0.3, 0.4) is 0 Å². The molecule has 1 aliphatic rings. The molecule has 4 heteroatoms.